The zero-order chi connectivity index (χ0) is 25.9. The molecule has 1 fully saturated rings. The Hall–Kier alpha value is -2.87. The van der Waals surface area contributed by atoms with Gasteiger partial charge >= 0.3 is 17.9 Å². The number of rotatable bonds is 9. The smallest absolute Gasteiger partial charge is 0.417 e. The van der Waals surface area contributed by atoms with E-state index in [2.05, 4.69) is 14.7 Å². The van der Waals surface area contributed by atoms with Crippen molar-refractivity contribution in [3.05, 3.63) is 49.6 Å². The molecule has 0 radical (unpaired) electrons. The normalized spacial score (nSPS) is 16.5. The summed E-state index contributed by atoms with van der Waals surface area (Å²) in [6.07, 6.45) is -1.95. The van der Waals surface area contributed by atoms with Crippen molar-refractivity contribution in [2.24, 2.45) is 7.05 Å². The van der Waals surface area contributed by atoms with Crippen LogP contribution >= 0.6 is 11.6 Å². The van der Waals surface area contributed by atoms with Crippen molar-refractivity contribution >= 4 is 22.8 Å². The highest BCUT2D eigenvalue weighted by molar-refractivity contribution is 6.31. The zero-order valence-corrected chi connectivity index (χ0v) is 20.1. The van der Waals surface area contributed by atoms with Crippen molar-refractivity contribution in [3.63, 3.8) is 0 Å². The Balaban J connectivity index is 1.43. The Bertz CT molecular complexity index is 1330. The molecule has 0 bridgehead atoms. The van der Waals surface area contributed by atoms with Gasteiger partial charge in [-0.2, -0.15) is 18.2 Å². The monoisotopic (exact) mass is 533 g/mol. The van der Waals surface area contributed by atoms with Crippen molar-refractivity contribution in [1.82, 2.24) is 19.1 Å². The van der Waals surface area contributed by atoms with Gasteiger partial charge in [-0.25, -0.2) is 4.79 Å². The predicted molar refractivity (Wildman–Crippen MR) is 124 cm³/mol. The van der Waals surface area contributed by atoms with Crippen LogP contribution in [-0.2, 0) is 29.2 Å². The molecular formula is C22H25ClF3N4O6+. The molecule has 1 aliphatic rings. The van der Waals surface area contributed by atoms with Gasteiger partial charge in [0.15, 0.2) is 30.7 Å². The first-order valence-corrected chi connectivity index (χ1v) is 11.6. The molecular weight excluding hydrogens is 509 g/mol. The number of halogens is 4. The maximum absolute atomic E-state index is 13.1. The van der Waals surface area contributed by atoms with Crippen molar-refractivity contribution in [1.29, 1.82) is 0 Å². The highest BCUT2D eigenvalue weighted by atomic mass is 35.5. The first kappa shape index (κ1) is 26.2. The van der Waals surface area contributed by atoms with Gasteiger partial charge in [0.2, 0.25) is 0 Å². The SMILES string of the molecule is Cn1c(=O)n(CC[OH+]CCOC2CCCCO2)c(=O)c2[nH]c(Oc3ccc(Cl)c(C(F)(F)F)c3)nc21. The fourth-order valence-electron chi connectivity index (χ4n) is 3.74. The minimum absolute atomic E-state index is 0.000853. The largest absolute Gasteiger partial charge is 0.431 e. The van der Waals surface area contributed by atoms with E-state index in [9.17, 15) is 22.8 Å². The molecule has 14 heteroatoms. The van der Waals surface area contributed by atoms with E-state index in [0.717, 1.165) is 40.5 Å². The van der Waals surface area contributed by atoms with Gasteiger partial charge in [-0.3, -0.25) is 13.9 Å². The number of aromatic nitrogens is 4. The third-order valence-corrected chi connectivity index (χ3v) is 5.92. The topological polar surface area (TPSA) is 113 Å². The van der Waals surface area contributed by atoms with Gasteiger partial charge in [0.25, 0.3) is 5.56 Å². The second kappa shape index (κ2) is 11.0. The molecule has 2 N–H and O–H groups in total. The maximum atomic E-state index is 13.1. The number of alkyl halides is 3. The molecule has 3 heterocycles. The van der Waals surface area contributed by atoms with Gasteiger partial charge in [-0.05, 0) is 37.5 Å². The quantitative estimate of drug-likeness (QED) is 0.334. The molecule has 1 saturated heterocycles. The highest BCUT2D eigenvalue weighted by Crippen LogP contribution is 2.37. The van der Waals surface area contributed by atoms with Crippen LogP contribution in [-0.4, -0.2) is 56.6 Å². The Morgan fingerprint density at radius 1 is 1.28 bits per heavy atom. The maximum Gasteiger partial charge on any atom is 0.417 e. The number of hydrogen-bond acceptors (Lipinski definition) is 6. The molecule has 4 rings (SSSR count). The molecule has 0 saturated carbocycles. The summed E-state index contributed by atoms with van der Waals surface area (Å²) in [4.78, 5) is 32.3. The molecule has 0 amide bonds. The van der Waals surface area contributed by atoms with E-state index in [1.165, 1.54) is 13.1 Å². The summed E-state index contributed by atoms with van der Waals surface area (Å²) in [6, 6.07) is 2.74. The first-order valence-electron chi connectivity index (χ1n) is 11.3. The van der Waals surface area contributed by atoms with Gasteiger partial charge in [-0.1, -0.05) is 11.6 Å². The third kappa shape index (κ3) is 5.91. The molecule has 1 aromatic carbocycles. The molecule has 1 atom stereocenters. The van der Waals surface area contributed by atoms with Crippen LogP contribution in [0.1, 0.15) is 24.8 Å². The minimum Gasteiger partial charge on any atom is -0.431 e. The molecule has 3 aromatic rings. The fraction of sp³-hybridized carbons (Fsp3) is 0.500. The lowest BCUT2D eigenvalue weighted by molar-refractivity contribution is -0.182. The number of H-pyrrole nitrogens is 1. The van der Waals surface area contributed by atoms with Gasteiger partial charge < -0.3 is 23.9 Å². The summed E-state index contributed by atoms with van der Waals surface area (Å²) < 4.78 is 62.3. The molecule has 1 unspecified atom stereocenters. The summed E-state index contributed by atoms with van der Waals surface area (Å²) in [6.45, 7) is 1.69. The number of imidazole rings is 1. The number of nitrogens with zero attached hydrogens (tertiary/aromatic N) is 3. The molecule has 0 spiro atoms. The van der Waals surface area contributed by atoms with Crippen LogP contribution in [0.2, 0.25) is 5.02 Å². The summed E-state index contributed by atoms with van der Waals surface area (Å²) in [5.41, 5.74) is -2.37. The Morgan fingerprint density at radius 2 is 2.08 bits per heavy atom. The predicted octanol–water partition coefficient (Wildman–Crippen LogP) is 2.96. The van der Waals surface area contributed by atoms with E-state index in [-0.39, 0.29) is 42.4 Å². The van der Waals surface area contributed by atoms with Crippen LogP contribution in [0.4, 0.5) is 13.2 Å². The van der Waals surface area contributed by atoms with Gasteiger partial charge in [-0.15, -0.1) is 0 Å². The molecule has 196 valence electrons. The lowest BCUT2D eigenvalue weighted by Gasteiger charge is -2.22. The van der Waals surface area contributed by atoms with Crippen LogP contribution in [0.3, 0.4) is 0 Å². The zero-order valence-electron chi connectivity index (χ0n) is 19.3. The first-order chi connectivity index (χ1) is 17.1. The lowest BCUT2D eigenvalue weighted by atomic mass is 10.2. The van der Waals surface area contributed by atoms with Crippen molar-refractivity contribution < 1.29 is 32.1 Å². The highest BCUT2D eigenvalue weighted by Gasteiger charge is 2.33. The fourth-order valence-corrected chi connectivity index (χ4v) is 3.97. The van der Waals surface area contributed by atoms with Crippen LogP contribution in [0.15, 0.2) is 27.8 Å². The average molecular weight is 534 g/mol. The summed E-state index contributed by atoms with van der Waals surface area (Å²) in [5.74, 6) is -0.198. The number of fused-ring (bicyclic) bond motifs is 1. The van der Waals surface area contributed by atoms with E-state index in [1.807, 2.05) is 0 Å². The summed E-state index contributed by atoms with van der Waals surface area (Å²) in [5, 5.41) is -0.482. The Morgan fingerprint density at radius 3 is 2.81 bits per heavy atom. The van der Waals surface area contributed by atoms with E-state index in [1.54, 1.807) is 0 Å². The Labute approximate surface area is 207 Å². The Kier molecular flexibility index (Phi) is 8.03. The van der Waals surface area contributed by atoms with Crippen LogP contribution in [0.25, 0.3) is 11.2 Å². The number of ether oxygens (including phenoxy) is 4. The van der Waals surface area contributed by atoms with Crippen LogP contribution in [0.5, 0.6) is 11.8 Å². The third-order valence-electron chi connectivity index (χ3n) is 5.59. The minimum atomic E-state index is -4.68. The number of nitrogens with one attached hydrogen (secondary N) is 1. The van der Waals surface area contributed by atoms with E-state index >= 15 is 0 Å². The van der Waals surface area contributed by atoms with Crippen molar-refractivity contribution in [3.8, 4) is 11.8 Å². The van der Waals surface area contributed by atoms with E-state index in [4.69, 9.17) is 25.8 Å². The summed E-state index contributed by atoms with van der Waals surface area (Å²) in [7, 11) is 1.42. The van der Waals surface area contributed by atoms with Gasteiger partial charge in [0, 0.05) is 13.7 Å². The number of hydrogen-bond donors (Lipinski definition) is 1. The van der Waals surface area contributed by atoms with Gasteiger partial charge in [0.05, 0.1) is 17.1 Å². The van der Waals surface area contributed by atoms with E-state index < -0.39 is 28.0 Å². The average Bonchev–Trinajstić information content (AvgIpc) is 3.27. The van der Waals surface area contributed by atoms with Crippen molar-refractivity contribution in [2.45, 2.75) is 38.3 Å². The van der Waals surface area contributed by atoms with Crippen LogP contribution < -0.4 is 16.0 Å². The second-order valence-corrected chi connectivity index (χ2v) is 8.53. The lowest BCUT2D eigenvalue weighted by Crippen LogP contribution is -2.40. The molecule has 0 aliphatic carbocycles. The van der Waals surface area contributed by atoms with Gasteiger partial charge in [0.1, 0.15) is 12.4 Å². The number of aromatic amines is 1. The number of benzene rings is 1. The number of aryl methyl sites for hydroxylation is 1. The molecule has 10 nitrogen and oxygen atoms in total. The number of aliphatic hydroxyl groups is 2. The summed E-state index contributed by atoms with van der Waals surface area (Å²) >= 11 is 5.63. The van der Waals surface area contributed by atoms with Crippen molar-refractivity contribution in [2.75, 3.05) is 26.4 Å². The van der Waals surface area contributed by atoms with Crippen LogP contribution in [0, 0.1) is 0 Å². The molecule has 36 heavy (non-hydrogen) atoms. The van der Waals surface area contributed by atoms with E-state index in [0.29, 0.717) is 19.8 Å². The molecule has 2 aromatic heterocycles. The second-order valence-electron chi connectivity index (χ2n) is 8.12. The standard InChI is InChI=1S/C22H24ClF3N4O6/c1-29-18-17(27-20(28-18)36-13-5-6-15(23)14(12-13)22(24,25)26)19(31)30(21(29)32)7-9-33-10-11-35-16-4-2-3-8-34-16/h5-6,12,16H,2-4,7-11H2,1H3,(H,27,28)/p+1. The molecule has 1 aliphatic heterocycles.